The minimum Gasteiger partial charge on any atom is -0.365 e. The molecule has 3 aliphatic heterocycles. The van der Waals surface area contributed by atoms with Crippen LogP contribution in [0.15, 0.2) is 114 Å². The molecule has 3 saturated heterocycles. The Morgan fingerprint density at radius 2 is 0.889 bits per heavy atom. The van der Waals surface area contributed by atoms with Gasteiger partial charge < -0.3 is 14.7 Å². The predicted molar refractivity (Wildman–Crippen MR) is 145 cm³/mol. The van der Waals surface area contributed by atoms with E-state index in [1.54, 1.807) is 0 Å². The molecule has 3 aromatic rings. The van der Waals surface area contributed by atoms with Gasteiger partial charge in [0, 0.05) is 45.3 Å². The molecule has 0 aromatic heterocycles. The van der Waals surface area contributed by atoms with Gasteiger partial charge in [-0.05, 0) is 23.8 Å². The first kappa shape index (κ1) is 22.8. The second kappa shape index (κ2) is 9.75. The predicted octanol–water partition coefficient (Wildman–Crippen LogP) is 2.63. The molecular weight excluding hydrogens is 465 g/mol. The molecule has 1 aliphatic carbocycles. The molecular formula is C30H28N3O2P. The van der Waals surface area contributed by atoms with Crippen LogP contribution in [0.4, 0.5) is 0 Å². The van der Waals surface area contributed by atoms with E-state index in [4.69, 9.17) is 0 Å². The topological polar surface area (TPSA) is 43.2 Å². The summed E-state index contributed by atoms with van der Waals surface area (Å²) in [5.41, 5.74) is 1.89. The molecule has 4 aliphatic rings. The van der Waals surface area contributed by atoms with Crippen LogP contribution in [0.1, 0.15) is 0 Å². The highest BCUT2D eigenvalue weighted by Gasteiger charge is 2.43. The molecule has 180 valence electrons. The fourth-order valence-electron chi connectivity index (χ4n) is 4.45. The van der Waals surface area contributed by atoms with Crippen molar-refractivity contribution in [1.29, 1.82) is 0 Å². The van der Waals surface area contributed by atoms with E-state index in [0.29, 0.717) is 17.1 Å². The average Bonchev–Trinajstić information content (AvgIpc) is 3.77. The van der Waals surface area contributed by atoms with Crippen molar-refractivity contribution in [3.8, 4) is 0 Å². The number of ketones is 2. The maximum absolute atomic E-state index is 12.4. The lowest BCUT2D eigenvalue weighted by atomic mass is 10.0. The van der Waals surface area contributed by atoms with Crippen molar-refractivity contribution in [2.45, 2.75) is 0 Å². The number of allylic oxidation sites excluding steroid dienone is 1. The quantitative estimate of drug-likeness (QED) is 0.300. The molecule has 0 saturated carbocycles. The van der Waals surface area contributed by atoms with E-state index in [1.165, 1.54) is 22.0 Å². The van der Waals surface area contributed by atoms with Gasteiger partial charge in [0.1, 0.15) is 11.4 Å². The Bertz CT molecular complexity index is 1230. The number of carbonyl (C=O) groups excluding carboxylic acids is 2. The van der Waals surface area contributed by atoms with Gasteiger partial charge in [0.05, 0.1) is 5.70 Å². The number of Topliss-reactive ketones (excluding diaryl/α,β-unsaturated/α-hetero) is 1. The van der Waals surface area contributed by atoms with E-state index in [-0.39, 0.29) is 11.6 Å². The number of benzene rings is 3. The van der Waals surface area contributed by atoms with Gasteiger partial charge in [0.2, 0.25) is 11.6 Å². The summed E-state index contributed by atoms with van der Waals surface area (Å²) in [6.07, 6.45) is 1.52. The molecule has 3 aromatic carbocycles. The van der Waals surface area contributed by atoms with Crippen LogP contribution in [0.25, 0.3) is 0 Å². The van der Waals surface area contributed by atoms with Crippen molar-refractivity contribution >= 4 is 35.4 Å². The van der Waals surface area contributed by atoms with E-state index < -0.39 is 7.92 Å². The summed E-state index contributed by atoms with van der Waals surface area (Å²) in [5.74, 6) is 0.0485. The lowest BCUT2D eigenvalue weighted by Gasteiger charge is -2.21. The van der Waals surface area contributed by atoms with E-state index >= 15 is 0 Å². The Balaban J connectivity index is 0.000000134. The van der Waals surface area contributed by atoms with E-state index in [9.17, 15) is 9.59 Å². The van der Waals surface area contributed by atoms with Crippen molar-refractivity contribution in [2.24, 2.45) is 0 Å². The van der Waals surface area contributed by atoms with Crippen LogP contribution >= 0.6 is 7.92 Å². The highest BCUT2D eigenvalue weighted by atomic mass is 31.1. The summed E-state index contributed by atoms with van der Waals surface area (Å²) < 4.78 is 0. The van der Waals surface area contributed by atoms with Crippen molar-refractivity contribution in [2.75, 3.05) is 39.3 Å². The minimum absolute atomic E-state index is 0.00546. The molecule has 0 spiro atoms. The highest BCUT2D eigenvalue weighted by Crippen LogP contribution is 2.34. The Morgan fingerprint density at radius 1 is 0.500 bits per heavy atom. The van der Waals surface area contributed by atoms with Gasteiger partial charge in [-0.15, -0.1) is 0 Å². The van der Waals surface area contributed by atoms with Crippen LogP contribution in [0, 0.1) is 0 Å². The van der Waals surface area contributed by atoms with E-state index in [2.05, 4.69) is 91.0 Å². The first-order chi connectivity index (χ1) is 17.7. The highest BCUT2D eigenvalue weighted by molar-refractivity contribution is 7.79. The molecule has 3 fully saturated rings. The normalized spacial score (nSPS) is 18.1. The molecule has 5 nitrogen and oxygen atoms in total. The molecule has 7 rings (SSSR count). The van der Waals surface area contributed by atoms with E-state index in [0.717, 1.165) is 39.3 Å². The Kier molecular flexibility index (Phi) is 6.16. The molecule has 0 radical (unpaired) electrons. The molecule has 6 heteroatoms. The second-order valence-electron chi connectivity index (χ2n) is 9.22. The third-order valence-corrected chi connectivity index (χ3v) is 8.97. The molecule has 36 heavy (non-hydrogen) atoms. The smallest absolute Gasteiger partial charge is 0.227 e. The molecule has 3 heterocycles. The fraction of sp³-hybridized carbons (Fsp3) is 0.200. The third-order valence-electron chi connectivity index (χ3n) is 6.53. The zero-order valence-corrected chi connectivity index (χ0v) is 21.0. The monoisotopic (exact) mass is 493 g/mol. The van der Waals surface area contributed by atoms with Gasteiger partial charge in [0.25, 0.3) is 0 Å². The molecule has 0 unspecified atom stereocenters. The summed E-state index contributed by atoms with van der Waals surface area (Å²) in [6.45, 7) is 5.41. The maximum Gasteiger partial charge on any atom is 0.227 e. The fourth-order valence-corrected chi connectivity index (χ4v) is 6.76. The number of nitrogens with zero attached hydrogens (tertiary/aromatic N) is 3. The summed E-state index contributed by atoms with van der Waals surface area (Å²) >= 11 is 0. The molecule has 0 atom stereocenters. The van der Waals surface area contributed by atoms with Crippen LogP contribution in [-0.4, -0.2) is 65.5 Å². The van der Waals surface area contributed by atoms with E-state index in [1.807, 2.05) is 14.7 Å². The van der Waals surface area contributed by atoms with Crippen molar-refractivity contribution in [3.05, 3.63) is 114 Å². The molecule has 0 N–H and O–H groups in total. The summed E-state index contributed by atoms with van der Waals surface area (Å²) in [6, 6.07) is 32.3. The van der Waals surface area contributed by atoms with Crippen molar-refractivity contribution in [3.63, 3.8) is 0 Å². The largest absolute Gasteiger partial charge is 0.365 e. The van der Waals surface area contributed by atoms with Gasteiger partial charge in [-0.2, -0.15) is 0 Å². The molecule has 0 amide bonds. The lowest BCUT2D eigenvalue weighted by Crippen LogP contribution is -2.29. The van der Waals surface area contributed by atoms with Crippen LogP contribution in [-0.2, 0) is 9.59 Å². The second-order valence-corrected chi connectivity index (χ2v) is 11.4. The SMILES string of the molecule is O=C1C=C(N2CC2)C(=O)C(N2CC2)=C1N1CC1.c1ccc(P(c2ccccc2)c2ccccc2)cc1. The zero-order valence-electron chi connectivity index (χ0n) is 20.1. The number of hydrogen-bond donors (Lipinski definition) is 0. The van der Waals surface area contributed by atoms with Crippen LogP contribution in [0.5, 0.6) is 0 Å². The summed E-state index contributed by atoms with van der Waals surface area (Å²) in [5, 5.41) is 4.19. The third kappa shape index (κ3) is 4.84. The Labute approximate surface area is 213 Å². The lowest BCUT2D eigenvalue weighted by molar-refractivity contribution is -0.117. The first-order valence-electron chi connectivity index (χ1n) is 12.5. The van der Waals surface area contributed by atoms with Crippen LogP contribution in [0.3, 0.4) is 0 Å². The van der Waals surface area contributed by atoms with Gasteiger partial charge >= 0.3 is 0 Å². The maximum atomic E-state index is 12.4. The Morgan fingerprint density at radius 3 is 1.28 bits per heavy atom. The van der Waals surface area contributed by atoms with Crippen molar-refractivity contribution < 1.29 is 9.59 Å². The average molecular weight is 494 g/mol. The molecule has 0 bridgehead atoms. The van der Waals surface area contributed by atoms with Gasteiger partial charge in [-0.1, -0.05) is 91.0 Å². The van der Waals surface area contributed by atoms with Gasteiger partial charge in [-0.25, -0.2) is 0 Å². The number of hydrogen-bond acceptors (Lipinski definition) is 5. The summed E-state index contributed by atoms with van der Waals surface area (Å²) in [4.78, 5) is 30.5. The number of rotatable bonds is 6. The summed E-state index contributed by atoms with van der Waals surface area (Å²) in [7, 11) is -0.446. The van der Waals surface area contributed by atoms with Crippen molar-refractivity contribution in [1.82, 2.24) is 14.7 Å². The van der Waals surface area contributed by atoms with Crippen LogP contribution < -0.4 is 15.9 Å². The Hall–Kier alpha value is -3.69. The van der Waals surface area contributed by atoms with Crippen LogP contribution in [0.2, 0.25) is 0 Å². The van der Waals surface area contributed by atoms with Gasteiger partial charge in [0.15, 0.2) is 0 Å². The van der Waals surface area contributed by atoms with Gasteiger partial charge in [-0.3, -0.25) is 9.59 Å². The standard InChI is InChI=1S/C18H15P.C12H13N3O2/c1-4-10-16(11-5-1)19(17-12-6-2-7-13-17)18-14-8-3-9-15-18;16-9-7-8(13-1-2-13)12(17)11(15-5-6-15)10(9)14-3-4-14/h1-15H;7H,1-6H2. The number of carbonyl (C=O) groups is 2. The minimum atomic E-state index is -0.446. The first-order valence-corrected chi connectivity index (χ1v) is 13.8. The zero-order chi connectivity index (χ0) is 24.5.